The van der Waals surface area contributed by atoms with Crippen LogP contribution in [0, 0.1) is 12.7 Å². The van der Waals surface area contributed by atoms with E-state index in [1.165, 1.54) is 28.1 Å². The third-order valence-corrected chi connectivity index (χ3v) is 23.4. The van der Waals surface area contributed by atoms with Crippen LogP contribution in [0.3, 0.4) is 0 Å². The maximum Gasteiger partial charge on any atom is 0.254 e. The lowest BCUT2D eigenvalue weighted by molar-refractivity contribution is -0.125. The number of rotatable bonds is 26. The Balaban J connectivity index is 0.000000115. The number of anilines is 4. The van der Waals surface area contributed by atoms with E-state index in [9.17, 15) is 42.7 Å². The molecule has 34 heteroatoms. The Bertz CT molecular complexity index is 6260. The van der Waals surface area contributed by atoms with Crippen molar-refractivity contribution in [3.05, 3.63) is 219 Å². The van der Waals surface area contributed by atoms with Crippen LogP contribution in [0.15, 0.2) is 136 Å². The van der Waals surface area contributed by atoms with Gasteiger partial charge in [0.05, 0.1) is 64.7 Å². The zero-order chi connectivity index (χ0) is 83.5. The maximum absolute atomic E-state index is 13.3. The van der Waals surface area contributed by atoms with Gasteiger partial charge in [0.2, 0.25) is 23.6 Å². The third-order valence-electron chi connectivity index (χ3n) is 21.2. The highest BCUT2D eigenvalue weighted by atomic mass is 35.5. The number of aromatic nitrogens is 12. The van der Waals surface area contributed by atoms with E-state index in [1.807, 2.05) is 30.3 Å². The Hall–Kier alpha value is -13.1. The van der Waals surface area contributed by atoms with Crippen LogP contribution in [0.25, 0.3) is 46.9 Å². The number of benzene rings is 2. The highest BCUT2D eigenvalue weighted by Gasteiger charge is 2.32. The second-order valence-corrected chi connectivity index (χ2v) is 33.3. The van der Waals surface area contributed by atoms with Gasteiger partial charge in [-0.25, -0.2) is 24.3 Å². The number of ether oxygens (including phenoxy) is 2. The number of nitrogens with one attached hydrogen (secondary N) is 8. The smallest absolute Gasteiger partial charge is 0.254 e. The highest BCUT2D eigenvalue weighted by molar-refractivity contribution is 7.10. The lowest BCUT2D eigenvalue weighted by atomic mass is 10.1. The molecule has 4 aliphatic carbocycles. The predicted molar refractivity (Wildman–Crippen MR) is 455 cm³/mol. The van der Waals surface area contributed by atoms with Gasteiger partial charge in [-0.1, -0.05) is 17.7 Å². The van der Waals surface area contributed by atoms with Crippen LogP contribution in [-0.2, 0) is 89.7 Å². The highest BCUT2D eigenvalue weighted by Crippen LogP contribution is 2.35. The van der Waals surface area contributed by atoms with Crippen molar-refractivity contribution in [2.24, 2.45) is 0 Å². The second kappa shape index (κ2) is 35.0. The number of thiophene rings is 2. The first-order valence-corrected chi connectivity index (χ1v) is 42.4. The summed E-state index contributed by atoms with van der Waals surface area (Å²) in [5.74, 6) is 2.10. The molecule has 4 aliphatic heterocycles. The number of carbonyl (C=O) groups excluding carboxylic acids is 8. The first-order chi connectivity index (χ1) is 58.7. The van der Waals surface area contributed by atoms with E-state index < -0.39 is 0 Å². The van der Waals surface area contributed by atoms with Crippen molar-refractivity contribution in [3.63, 3.8) is 0 Å². The fourth-order valence-electron chi connectivity index (χ4n) is 14.3. The van der Waals surface area contributed by atoms with Crippen LogP contribution in [0.5, 0.6) is 11.5 Å². The van der Waals surface area contributed by atoms with Crippen molar-refractivity contribution in [1.29, 1.82) is 0 Å². The van der Waals surface area contributed by atoms with Gasteiger partial charge >= 0.3 is 0 Å². The number of hydrogen-bond donors (Lipinski definition) is 8. The molecule has 0 bridgehead atoms. The molecule has 8 fully saturated rings. The molecule has 4 saturated carbocycles. The van der Waals surface area contributed by atoms with Crippen molar-refractivity contribution >= 4 is 152 Å². The van der Waals surface area contributed by atoms with E-state index in [0.29, 0.717) is 104 Å². The van der Waals surface area contributed by atoms with Gasteiger partial charge in [-0.3, -0.25) is 59.6 Å². The van der Waals surface area contributed by atoms with E-state index in [0.717, 1.165) is 163 Å². The molecule has 0 radical (unpaired) electrons. The van der Waals surface area contributed by atoms with Crippen LogP contribution in [0.4, 0.5) is 27.7 Å². The lowest BCUT2D eigenvalue weighted by Crippen LogP contribution is -2.19. The molecule has 4 saturated heterocycles. The largest absolute Gasteiger partial charge is 0.497 e. The number of fused-ring (bicyclic) bond motifs is 4. The molecule has 0 unspecified atom stereocenters. The molecule has 30 nitrogen and oxygen atoms in total. The normalized spacial score (nSPS) is 17.7. The molecular formula is C87H84ClFN20O10S2. The number of imide groups is 4. The van der Waals surface area contributed by atoms with Gasteiger partial charge in [0.1, 0.15) is 40.6 Å². The van der Waals surface area contributed by atoms with E-state index in [1.54, 1.807) is 110 Å². The minimum Gasteiger partial charge on any atom is -0.497 e. The first-order valence-electron chi connectivity index (χ1n) is 40.2. The summed E-state index contributed by atoms with van der Waals surface area (Å²) >= 11 is 9.64. The lowest BCUT2D eigenvalue weighted by Gasteiger charge is -2.11. The Kier molecular flexibility index (Phi) is 23.3. The van der Waals surface area contributed by atoms with Crippen molar-refractivity contribution in [2.75, 3.05) is 35.5 Å². The number of nitrogens with zero attached hydrogens (tertiary/aromatic N) is 12. The summed E-state index contributed by atoms with van der Waals surface area (Å²) in [7, 11) is 3.27. The van der Waals surface area contributed by atoms with Gasteiger partial charge in [-0.15, -0.1) is 11.3 Å². The molecule has 8 amide bonds. The summed E-state index contributed by atoms with van der Waals surface area (Å²) in [4.78, 5) is 114. The number of aryl methyl sites for hydroxylation is 9. The minimum atomic E-state index is -0.386. The van der Waals surface area contributed by atoms with E-state index >= 15 is 0 Å². The molecule has 14 heterocycles. The molecule has 10 aromatic heterocycles. The summed E-state index contributed by atoms with van der Waals surface area (Å²) in [6, 6.07) is 24.5. The number of hydrogen-bond acceptors (Lipinski definition) is 24. The van der Waals surface area contributed by atoms with Crippen LogP contribution >= 0.6 is 34.3 Å². The number of halogens is 2. The molecule has 8 N–H and O–H groups in total. The van der Waals surface area contributed by atoms with Gasteiger partial charge in [0.25, 0.3) is 23.6 Å². The summed E-state index contributed by atoms with van der Waals surface area (Å²) in [6.07, 6.45) is 29.1. The van der Waals surface area contributed by atoms with Crippen molar-refractivity contribution in [2.45, 2.75) is 160 Å². The predicted octanol–water partition coefficient (Wildman–Crippen LogP) is 11.3. The van der Waals surface area contributed by atoms with E-state index in [2.05, 4.69) is 110 Å². The van der Waals surface area contributed by atoms with Crippen LogP contribution in [-0.4, -0.2) is 144 Å². The van der Waals surface area contributed by atoms with Gasteiger partial charge in [-0.05, 0) is 209 Å². The van der Waals surface area contributed by atoms with Crippen molar-refractivity contribution in [3.8, 4) is 11.5 Å². The number of carbonyl (C=O) groups is 8. The summed E-state index contributed by atoms with van der Waals surface area (Å²) in [6.45, 7) is 2.11. The van der Waals surface area contributed by atoms with Crippen LogP contribution < -0.4 is 52.0 Å². The average Bonchev–Trinajstić information content (AvgIpc) is 1.66. The van der Waals surface area contributed by atoms with Gasteiger partial charge < -0.3 is 30.7 Å². The molecule has 0 spiro atoms. The van der Waals surface area contributed by atoms with Crippen LogP contribution in [0.1, 0.15) is 149 Å². The first kappa shape index (κ1) is 80.3. The number of methoxy groups -OCH3 is 2. The van der Waals surface area contributed by atoms with Crippen LogP contribution in [0.2, 0.25) is 5.02 Å². The van der Waals surface area contributed by atoms with Crippen molar-refractivity contribution in [1.82, 2.24) is 79.7 Å². The molecule has 2 aromatic carbocycles. The summed E-state index contributed by atoms with van der Waals surface area (Å²) in [5, 5.41) is 48.0. The Morgan fingerprint density at radius 2 is 0.793 bits per heavy atom. The molecule has 0 atom stereocenters. The SMILES string of the molecule is COc1cc(CCc2cc(NC3CC3)n3ncc(/C=C4\CC(=O)NC4=O)c3n2)cc(OC)c1.Cc1csc(CCc2cc(NC3CC3)n3ncc(/C=C4\CC(=O)NC4=O)c3n2)c1.O=C1C/C(=C\c2cnn3c(NC4CC4)cc(CCc4ccc(F)cc4Cl)nc23)C(=O)N1.O=C1C/C(=C\c2cnn3c(NC4CC4)cc(CCc4ccsc4)nc23)C(=O)N1. The second-order valence-electron chi connectivity index (χ2n) is 31.1. The Morgan fingerprint density at radius 3 is 1.10 bits per heavy atom. The van der Waals surface area contributed by atoms with Gasteiger partial charge in [-0.2, -0.15) is 49.8 Å². The Morgan fingerprint density at radius 1 is 0.438 bits per heavy atom. The fraction of sp³-hybridized carbons (Fsp3) is 0.310. The Labute approximate surface area is 705 Å². The van der Waals surface area contributed by atoms with Gasteiger partial charge in [0.15, 0.2) is 22.6 Å². The summed E-state index contributed by atoms with van der Waals surface area (Å²) in [5.41, 5.74) is 15.4. The molecule has 8 aliphatic rings. The van der Waals surface area contributed by atoms with Gasteiger partial charge in [0, 0.05) is 132 Å². The third kappa shape index (κ3) is 19.8. The average molecular weight is 1690 g/mol. The summed E-state index contributed by atoms with van der Waals surface area (Å²) < 4.78 is 31.1. The molecule has 12 aromatic rings. The molecule has 20 rings (SSSR count). The number of amides is 8. The minimum absolute atomic E-state index is 0.0477. The van der Waals surface area contributed by atoms with E-state index in [4.69, 9.17) is 41.0 Å². The fourth-order valence-corrected chi connectivity index (χ4v) is 16.1. The zero-order valence-electron chi connectivity index (χ0n) is 66.3. The maximum atomic E-state index is 13.3. The monoisotopic (exact) mass is 1690 g/mol. The zero-order valence-corrected chi connectivity index (χ0v) is 68.6. The molecular weight excluding hydrogens is 1600 g/mol. The van der Waals surface area contributed by atoms with E-state index in [-0.39, 0.29) is 78.8 Å². The standard InChI is InChI=1S/C24H25N5O4.C22H19ClFN5O2.C21H21N5O2S.C20H19N5O2S/c1-32-19-7-14(8-20(12-19)33-2)3-4-18-11-21(26-17-5-6-17)29-23(27-18)16(13-25-29)9-15-10-22(30)28-24(15)31;23-18-9-15(24)3-1-12(18)2-4-17-10-19(26-16-5-6-16)29-21(27-17)14(11-25-29)7-13-8-20(30)28-22(13)31;1-12-6-17(29-11-12)5-4-16-9-18(23-15-2-3-15)26-20(24-16)14(10-22-26)7-13-8-19(27)25-21(13)28;26-18-8-13(20(27)24-18)7-14-10-21-25-17(22-15-3-4-15)9-16(23-19(14)25)2-1-12-5-6-28-11-12/h7-9,11-13,17,26H,3-6,10H2,1-2H3,(H,28,30,31);1,3,7,9-11,16,26H,2,4-6,8H2,(H,28,30,31);6-7,9-11,15,23H,2-5,8H2,1H3,(H,25,27,28);5-7,9-11,15,22H,1-4,8H2,(H,24,26,27)/b15-9+;3*13-7+. The molecule has 618 valence electrons. The molecule has 121 heavy (non-hydrogen) atoms. The van der Waals surface area contributed by atoms with Crippen molar-refractivity contribution < 1.29 is 52.2 Å². The topological polar surface area (TPSA) is 372 Å². The quantitative estimate of drug-likeness (QED) is 0.0184.